The molecule has 1 heterocycles. The Bertz CT molecular complexity index is 1560. The summed E-state index contributed by atoms with van der Waals surface area (Å²) in [4.78, 5) is 44.5. The van der Waals surface area contributed by atoms with Crippen molar-refractivity contribution in [1.82, 2.24) is 10.2 Å². The Hall–Kier alpha value is -4.45. The van der Waals surface area contributed by atoms with E-state index in [0.717, 1.165) is 39.6 Å². The van der Waals surface area contributed by atoms with Gasteiger partial charge in [0.25, 0.3) is 5.91 Å². The van der Waals surface area contributed by atoms with Gasteiger partial charge in [-0.3, -0.25) is 14.4 Å². The molecule has 1 aliphatic rings. The Morgan fingerprint density at radius 3 is 2.31 bits per heavy atom. The maximum absolute atomic E-state index is 14.0. The van der Waals surface area contributed by atoms with Crippen molar-refractivity contribution in [1.29, 1.82) is 0 Å². The van der Waals surface area contributed by atoms with E-state index in [4.69, 9.17) is 0 Å². The molecule has 0 radical (unpaired) electrons. The number of nitrogens with one attached hydrogen (secondary N) is 1. The molecule has 5 rings (SSSR count). The van der Waals surface area contributed by atoms with Crippen LogP contribution in [0, 0.1) is 6.92 Å². The first-order chi connectivity index (χ1) is 20.4. The summed E-state index contributed by atoms with van der Waals surface area (Å²) in [5.74, 6) is -0.274. The van der Waals surface area contributed by atoms with Crippen LogP contribution in [0.1, 0.15) is 60.2 Å². The molecule has 2 atom stereocenters. The smallest absolute Gasteiger partial charge is 0.258 e. The van der Waals surface area contributed by atoms with E-state index in [1.54, 1.807) is 9.80 Å². The molecule has 0 saturated carbocycles. The summed E-state index contributed by atoms with van der Waals surface area (Å²) in [7, 11) is 0. The minimum atomic E-state index is -0.665. The average Bonchev–Trinajstić information content (AvgIpc) is 3.28. The third-order valence-corrected chi connectivity index (χ3v) is 8.17. The number of amides is 3. The second-order valence-corrected chi connectivity index (χ2v) is 11.3. The zero-order chi connectivity index (χ0) is 29.6. The highest BCUT2D eigenvalue weighted by Gasteiger charge is 2.32. The predicted octanol–water partition coefficient (Wildman–Crippen LogP) is 6.44. The van der Waals surface area contributed by atoms with Crippen LogP contribution in [0.2, 0.25) is 0 Å². The zero-order valence-corrected chi connectivity index (χ0v) is 24.7. The van der Waals surface area contributed by atoms with Gasteiger partial charge >= 0.3 is 0 Å². The summed E-state index contributed by atoms with van der Waals surface area (Å²) in [6, 6.07) is 29.0. The minimum Gasteiger partial charge on any atom is -0.352 e. The molecular formula is C36H39N3O3. The van der Waals surface area contributed by atoms with Crippen molar-refractivity contribution in [2.45, 2.75) is 65.1 Å². The second kappa shape index (κ2) is 13.0. The van der Waals surface area contributed by atoms with Crippen molar-refractivity contribution < 1.29 is 14.4 Å². The molecule has 1 aliphatic heterocycles. The molecule has 6 nitrogen and oxygen atoms in total. The lowest BCUT2D eigenvalue weighted by Crippen LogP contribution is -2.52. The van der Waals surface area contributed by atoms with Crippen LogP contribution in [-0.2, 0) is 22.6 Å². The van der Waals surface area contributed by atoms with Crippen molar-refractivity contribution in [2.75, 3.05) is 11.4 Å². The van der Waals surface area contributed by atoms with Crippen LogP contribution in [0.25, 0.3) is 10.8 Å². The van der Waals surface area contributed by atoms with Crippen LogP contribution >= 0.6 is 0 Å². The monoisotopic (exact) mass is 561 g/mol. The van der Waals surface area contributed by atoms with Gasteiger partial charge in [0.2, 0.25) is 11.8 Å². The van der Waals surface area contributed by atoms with Crippen molar-refractivity contribution in [2.24, 2.45) is 0 Å². The molecule has 6 heteroatoms. The molecule has 42 heavy (non-hydrogen) atoms. The molecule has 0 aromatic heterocycles. The molecule has 3 amide bonds. The molecule has 4 aromatic rings. The SMILES string of the molecule is CC[C@@H](C)NC(=O)[C@H](Cc1ccccc1)N(Cc1ccc(C)cc1)C(=O)CCCN1C(=O)c2cccc3cccc1c23. The van der Waals surface area contributed by atoms with Gasteiger partial charge in [0.1, 0.15) is 6.04 Å². The number of aryl methyl sites for hydroxylation is 1. The van der Waals surface area contributed by atoms with E-state index in [1.165, 1.54) is 0 Å². The van der Waals surface area contributed by atoms with Gasteiger partial charge < -0.3 is 15.1 Å². The zero-order valence-electron chi connectivity index (χ0n) is 24.7. The topological polar surface area (TPSA) is 69.7 Å². The fourth-order valence-corrected chi connectivity index (χ4v) is 5.62. The first-order valence-electron chi connectivity index (χ1n) is 14.9. The number of benzene rings is 4. The lowest BCUT2D eigenvalue weighted by molar-refractivity contribution is -0.141. The minimum absolute atomic E-state index is 0.00220. The van der Waals surface area contributed by atoms with Crippen LogP contribution < -0.4 is 10.2 Å². The van der Waals surface area contributed by atoms with Crippen LogP contribution in [-0.4, -0.2) is 41.2 Å². The third-order valence-electron chi connectivity index (χ3n) is 8.17. The van der Waals surface area contributed by atoms with Crippen LogP contribution in [0.4, 0.5) is 5.69 Å². The fraction of sp³-hybridized carbons (Fsp3) is 0.306. The quantitative estimate of drug-likeness (QED) is 0.216. The standard InChI is InChI=1S/C36H39N3O3/c1-4-26(3)37-35(41)32(23-27-11-6-5-7-12-27)39(24-28-20-18-25(2)19-21-28)33(40)17-10-22-38-31-16-9-14-29-13-8-15-30(34(29)31)36(38)42/h5-9,11-16,18-21,26,32H,4,10,17,22-24H2,1-3H3,(H,37,41)/t26-,32+/m1/s1. The van der Waals surface area contributed by atoms with E-state index in [9.17, 15) is 14.4 Å². The van der Waals surface area contributed by atoms with Gasteiger partial charge in [-0.25, -0.2) is 0 Å². The highest BCUT2D eigenvalue weighted by molar-refractivity contribution is 6.25. The Kier molecular flexibility index (Phi) is 9.01. The predicted molar refractivity (Wildman–Crippen MR) is 168 cm³/mol. The number of rotatable bonds is 12. The normalized spacial score (nSPS) is 13.7. The van der Waals surface area contributed by atoms with Gasteiger partial charge in [-0.05, 0) is 55.3 Å². The molecule has 1 N–H and O–H groups in total. The molecule has 0 aliphatic carbocycles. The van der Waals surface area contributed by atoms with Crippen LogP contribution in [0.3, 0.4) is 0 Å². The molecule has 4 aromatic carbocycles. The number of carbonyl (C=O) groups excluding carboxylic acids is 3. The van der Waals surface area contributed by atoms with Crippen molar-refractivity contribution >= 4 is 34.2 Å². The summed E-state index contributed by atoms with van der Waals surface area (Å²) in [6.07, 6.45) is 1.94. The number of nitrogens with zero attached hydrogens (tertiary/aromatic N) is 2. The van der Waals surface area contributed by atoms with E-state index < -0.39 is 6.04 Å². The number of anilines is 1. The fourth-order valence-electron chi connectivity index (χ4n) is 5.62. The van der Waals surface area contributed by atoms with E-state index in [-0.39, 0.29) is 30.2 Å². The van der Waals surface area contributed by atoms with Crippen molar-refractivity contribution in [3.05, 3.63) is 113 Å². The maximum atomic E-state index is 14.0. The first-order valence-corrected chi connectivity index (χ1v) is 14.9. The largest absolute Gasteiger partial charge is 0.352 e. The summed E-state index contributed by atoms with van der Waals surface area (Å²) in [5.41, 5.74) is 4.71. The number of hydrogen-bond acceptors (Lipinski definition) is 3. The maximum Gasteiger partial charge on any atom is 0.258 e. The van der Waals surface area contributed by atoms with Gasteiger partial charge in [-0.1, -0.05) is 91.3 Å². The highest BCUT2D eigenvalue weighted by atomic mass is 16.2. The highest BCUT2D eigenvalue weighted by Crippen LogP contribution is 2.37. The summed E-state index contributed by atoms with van der Waals surface area (Å²) >= 11 is 0. The second-order valence-electron chi connectivity index (χ2n) is 11.3. The Labute approximate surface area is 248 Å². The molecular weight excluding hydrogens is 522 g/mol. The molecule has 0 bridgehead atoms. The van der Waals surface area contributed by atoms with E-state index >= 15 is 0 Å². The van der Waals surface area contributed by atoms with E-state index in [0.29, 0.717) is 31.5 Å². The Balaban J connectivity index is 1.37. The third kappa shape index (κ3) is 6.38. The summed E-state index contributed by atoms with van der Waals surface area (Å²) in [6.45, 7) is 6.81. The lowest BCUT2D eigenvalue weighted by Gasteiger charge is -2.32. The van der Waals surface area contributed by atoms with Crippen LogP contribution in [0.15, 0.2) is 91.0 Å². The molecule has 216 valence electrons. The van der Waals surface area contributed by atoms with Gasteiger partial charge in [-0.2, -0.15) is 0 Å². The van der Waals surface area contributed by atoms with Crippen molar-refractivity contribution in [3.63, 3.8) is 0 Å². The Morgan fingerprint density at radius 2 is 1.60 bits per heavy atom. The summed E-state index contributed by atoms with van der Waals surface area (Å²) in [5, 5.41) is 5.14. The van der Waals surface area contributed by atoms with Crippen molar-refractivity contribution in [3.8, 4) is 0 Å². The van der Waals surface area contributed by atoms with Gasteiger partial charge in [0.15, 0.2) is 0 Å². The first kappa shape index (κ1) is 29.1. The lowest BCUT2D eigenvalue weighted by atomic mass is 10.0. The van der Waals surface area contributed by atoms with Gasteiger partial charge in [0.05, 0.1) is 5.69 Å². The van der Waals surface area contributed by atoms with E-state index in [1.807, 2.05) is 112 Å². The molecule has 0 unspecified atom stereocenters. The summed E-state index contributed by atoms with van der Waals surface area (Å²) < 4.78 is 0. The molecule has 0 fully saturated rings. The molecule has 0 saturated heterocycles. The number of hydrogen-bond donors (Lipinski definition) is 1. The van der Waals surface area contributed by atoms with Gasteiger partial charge in [-0.15, -0.1) is 0 Å². The Morgan fingerprint density at radius 1 is 0.881 bits per heavy atom. The van der Waals surface area contributed by atoms with Gasteiger partial charge in [0, 0.05) is 42.9 Å². The average molecular weight is 562 g/mol. The molecule has 0 spiro atoms. The van der Waals surface area contributed by atoms with Crippen LogP contribution in [0.5, 0.6) is 0 Å². The number of carbonyl (C=O) groups is 3. The van der Waals surface area contributed by atoms with E-state index in [2.05, 4.69) is 5.32 Å².